The van der Waals surface area contributed by atoms with Crippen LogP contribution in [-0.2, 0) is 10.2 Å². The Labute approximate surface area is 136 Å². The van der Waals surface area contributed by atoms with Gasteiger partial charge in [0.15, 0.2) is 5.82 Å². The second-order valence-corrected chi connectivity index (χ2v) is 6.77. The molecule has 0 spiro atoms. The van der Waals surface area contributed by atoms with Crippen LogP contribution >= 0.6 is 0 Å². The minimum Gasteiger partial charge on any atom is -0.381 e. The normalized spacial score (nSPS) is 24.8. The van der Waals surface area contributed by atoms with Gasteiger partial charge < -0.3 is 14.2 Å². The van der Waals surface area contributed by atoms with E-state index in [9.17, 15) is 0 Å². The van der Waals surface area contributed by atoms with Crippen LogP contribution in [0.5, 0.6) is 0 Å². The van der Waals surface area contributed by atoms with E-state index < -0.39 is 0 Å². The Bertz CT molecular complexity index is 641. The fourth-order valence-corrected chi connectivity index (χ4v) is 3.72. The molecule has 3 heterocycles. The maximum atomic E-state index is 5.77. The molecule has 0 radical (unpaired) electrons. The number of aromatic nitrogens is 2. The SMILES string of the molecule is CN1CCC(c2ccccc2)(c2nc([C@@H]3CCOC3)no2)CC1. The van der Waals surface area contributed by atoms with Gasteiger partial charge in [0.25, 0.3) is 0 Å². The summed E-state index contributed by atoms with van der Waals surface area (Å²) >= 11 is 0. The number of ether oxygens (including phenoxy) is 1. The van der Waals surface area contributed by atoms with Crippen molar-refractivity contribution >= 4 is 0 Å². The van der Waals surface area contributed by atoms with E-state index in [4.69, 9.17) is 14.2 Å². The highest BCUT2D eigenvalue weighted by atomic mass is 16.5. The Morgan fingerprint density at radius 2 is 1.96 bits per heavy atom. The van der Waals surface area contributed by atoms with Crippen molar-refractivity contribution in [1.29, 1.82) is 0 Å². The lowest BCUT2D eigenvalue weighted by Gasteiger charge is -2.38. The van der Waals surface area contributed by atoms with E-state index in [1.165, 1.54) is 5.56 Å². The molecule has 2 aromatic rings. The predicted molar refractivity (Wildman–Crippen MR) is 86.4 cm³/mol. The van der Waals surface area contributed by atoms with Gasteiger partial charge in [0.05, 0.1) is 12.0 Å². The molecule has 1 aromatic heterocycles. The molecule has 0 amide bonds. The summed E-state index contributed by atoms with van der Waals surface area (Å²) in [5.74, 6) is 1.87. The van der Waals surface area contributed by atoms with Gasteiger partial charge in [0.2, 0.25) is 5.89 Å². The van der Waals surface area contributed by atoms with Crippen LogP contribution in [0, 0.1) is 0 Å². The molecule has 0 aliphatic carbocycles. The average Bonchev–Trinajstić information content (AvgIpc) is 3.28. The fraction of sp³-hybridized carbons (Fsp3) is 0.556. The first-order valence-corrected chi connectivity index (χ1v) is 8.44. The zero-order valence-corrected chi connectivity index (χ0v) is 13.6. The highest BCUT2D eigenvalue weighted by Gasteiger charge is 2.42. The molecule has 1 aromatic carbocycles. The molecule has 2 aliphatic rings. The fourth-order valence-electron chi connectivity index (χ4n) is 3.72. The molecule has 0 unspecified atom stereocenters. The Hall–Kier alpha value is -1.72. The van der Waals surface area contributed by atoms with Crippen LogP contribution in [0.2, 0.25) is 0 Å². The lowest BCUT2D eigenvalue weighted by molar-refractivity contribution is 0.179. The number of hydrogen-bond donors (Lipinski definition) is 0. The lowest BCUT2D eigenvalue weighted by atomic mass is 9.72. The molecule has 5 nitrogen and oxygen atoms in total. The van der Waals surface area contributed by atoms with Crippen LogP contribution in [0.25, 0.3) is 0 Å². The Morgan fingerprint density at radius 3 is 2.65 bits per heavy atom. The maximum absolute atomic E-state index is 5.77. The summed E-state index contributed by atoms with van der Waals surface area (Å²) in [6.07, 6.45) is 3.01. The Balaban J connectivity index is 1.71. The third kappa shape index (κ3) is 2.68. The first kappa shape index (κ1) is 14.8. The zero-order valence-electron chi connectivity index (χ0n) is 13.6. The van der Waals surface area contributed by atoms with Gasteiger partial charge in [-0.3, -0.25) is 0 Å². The van der Waals surface area contributed by atoms with Crippen molar-refractivity contribution in [2.75, 3.05) is 33.4 Å². The Morgan fingerprint density at radius 1 is 1.17 bits per heavy atom. The second kappa shape index (κ2) is 6.06. The van der Waals surface area contributed by atoms with Crippen LogP contribution in [0.15, 0.2) is 34.9 Å². The number of piperidine rings is 1. The van der Waals surface area contributed by atoms with Crippen molar-refractivity contribution in [2.24, 2.45) is 0 Å². The molecule has 2 saturated heterocycles. The number of nitrogens with zero attached hydrogens (tertiary/aromatic N) is 3. The van der Waals surface area contributed by atoms with E-state index in [1.807, 2.05) is 0 Å². The van der Waals surface area contributed by atoms with Crippen LogP contribution < -0.4 is 0 Å². The molecule has 2 aliphatic heterocycles. The van der Waals surface area contributed by atoms with Gasteiger partial charge in [-0.15, -0.1) is 0 Å². The van der Waals surface area contributed by atoms with Crippen molar-refractivity contribution in [3.05, 3.63) is 47.6 Å². The molecule has 2 fully saturated rings. The molecule has 122 valence electrons. The first-order chi connectivity index (χ1) is 11.3. The van der Waals surface area contributed by atoms with Gasteiger partial charge in [-0.05, 0) is 45.0 Å². The number of likely N-dealkylation sites (tertiary alicyclic amines) is 1. The lowest BCUT2D eigenvalue weighted by Crippen LogP contribution is -2.41. The number of benzene rings is 1. The van der Waals surface area contributed by atoms with E-state index in [-0.39, 0.29) is 11.3 Å². The van der Waals surface area contributed by atoms with Crippen molar-refractivity contribution in [3.63, 3.8) is 0 Å². The topological polar surface area (TPSA) is 51.4 Å². The summed E-state index contributed by atoms with van der Waals surface area (Å²) in [5, 5.41) is 4.28. The minimum atomic E-state index is -0.154. The molecule has 23 heavy (non-hydrogen) atoms. The molecule has 1 atom stereocenters. The van der Waals surface area contributed by atoms with E-state index in [0.29, 0.717) is 6.61 Å². The third-order valence-electron chi connectivity index (χ3n) is 5.31. The highest BCUT2D eigenvalue weighted by molar-refractivity contribution is 5.33. The highest BCUT2D eigenvalue weighted by Crippen LogP contribution is 2.41. The van der Waals surface area contributed by atoms with E-state index >= 15 is 0 Å². The van der Waals surface area contributed by atoms with Gasteiger partial charge in [0.1, 0.15) is 0 Å². The zero-order chi connectivity index (χ0) is 15.7. The summed E-state index contributed by atoms with van der Waals surface area (Å²) in [4.78, 5) is 7.18. The summed E-state index contributed by atoms with van der Waals surface area (Å²) < 4.78 is 11.2. The standard InChI is InChI=1S/C18H23N3O2/c1-21-10-8-18(9-11-21,15-5-3-2-4-6-15)17-19-16(20-23-17)14-7-12-22-13-14/h2-6,14H,7-13H2,1H3/t14-/m1/s1. The van der Waals surface area contributed by atoms with E-state index in [2.05, 4.69) is 47.4 Å². The molecule has 0 N–H and O–H groups in total. The van der Waals surface area contributed by atoms with Crippen molar-refractivity contribution in [1.82, 2.24) is 15.0 Å². The maximum Gasteiger partial charge on any atom is 0.237 e. The van der Waals surface area contributed by atoms with Crippen LogP contribution in [0.3, 0.4) is 0 Å². The van der Waals surface area contributed by atoms with Crippen LogP contribution in [0.1, 0.15) is 42.5 Å². The molecule has 0 saturated carbocycles. The number of hydrogen-bond acceptors (Lipinski definition) is 5. The smallest absolute Gasteiger partial charge is 0.237 e. The van der Waals surface area contributed by atoms with Gasteiger partial charge >= 0.3 is 0 Å². The summed E-state index contributed by atoms with van der Waals surface area (Å²) in [5.41, 5.74) is 1.13. The molecular weight excluding hydrogens is 290 g/mol. The summed E-state index contributed by atoms with van der Waals surface area (Å²) in [6, 6.07) is 10.6. The van der Waals surface area contributed by atoms with Gasteiger partial charge in [-0.1, -0.05) is 35.5 Å². The van der Waals surface area contributed by atoms with E-state index in [0.717, 1.165) is 50.7 Å². The van der Waals surface area contributed by atoms with Gasteiger partial charge in [-0.25, -0.2) is 0 Å². The molecule has 0 bridgehead atoms. The summed E-state index contributed by atoms with van der Waals surface area (Å²) in [6.45, 7) is 3.58. The van der Waals surface area contributed by atoms with E-state index in [1.54, 1.807) is 0 Å². The quantitative estimate of drug-likeness (QED) is 0.872. The van der Waals surface area contributed by atoms with Gasteiger partial charge in [-0.2, -0.15) is 4.98 Å². The summed E-state index contributed by atoms with van der Waals surface area (Å²) in [7, 11) is 2.17. The van der Waals surface area contributed by atoms with Crippen molar-refractivity contribution in [2.45, 2.75) is 30.6 Å². The monoisotopic (exact) mass is 313 g/mol. The predicted octanol–water partition coefficient (Wildman–Crippen LogP) is 2.59. The van der Waals surface area contributed by atoms with Crippen molar-refractivity contribution in [3.8, 4) is 0 Å². The van der Waals surface area contributed by atoms with Crippen LogP contribution in [-0.4, -0.2) is 48.4 Å². The largest absolute Gasteiger partial charge is 0.381 e. The number of rotatable bonds is 3. The second-order valence-electron chi connectivity index (χ2n) is 6.77. The first-order valence-electron chi connectivity index (χ1n) is 8.44. The van der Waals surface area contributed by atoms with Gasteiger partial charge in [0, 0.05) is 12.5 Å². The third-order valence-corrected chi connectivity index (χ3v) is 5.31. The average molecular weight is 313 g/mol. The molecular formula is C18H23N3O2. The van der Waals surface area contributed by atoms with Crippen LogP contribution in [0.4, 0.5) is 0 Å². The minimum absolute atomic E-state index is 0.154. The molecule has 4 rings (SSSR count). The van der Waals surface area contributed by atoms with Crippen molar-refractivity contribution < 1.29 is 9.26 Å². The molecule has 5 heteroatoms. The Kier molecular flexibility index (Phi) is 3.91.